The fourth-order valence-corrected chi connectivity index (χ4v) is 2.68. The van der Waals surface area contributed by atoms with Crippen molar-refractivity contribution >= 4 is 15.9 Å². The summed E-state index contributed by atoms with van der Waals surface area (Å²) in [7, 11) is 2.07. The van der Waals surface area contributed by atoms with Gasteiger partial charge in [0.2, 0.25) is 0 Å². The number of hydrogen-bond acceptors (Lipinski definition) is 3. The van der Waals surface area contributed by atoms with Crippen molar-refractivity contribution in [3.63, 3.8) is 0 Å². The number of aliphatic hydroxyl groups is 1. The van der Waals surface area contributed by atoms with Crippen molar-refractivity contribution in [1.29, 1.82) is 0 Å². The van der Waals surface area contributed by atoms with Crippen molar-refractivity contribution in [1.82, 2.24) is 10.2 Å². The van der Waals surface area contributed by atoms with Crippen LogP contribution in [0.25, 0.3) is 0 Å². The number of likely N-dealkylation sites (N-methyl/N-ethyl adjacent to an activating group) is 1. The van der Waals surface area contributed by atoms with E-state index < -0.39 is 0 Å². The molecule has 0 saturated heterocycles. The van der Waals surface area contributed by atoms with Crippen molar-refractivity contribution in [3.05, 3.63) is 34.3 Å². The highest BCUT2D eigenvalue weighted by molar-refractivity contribution is 9.10. The van der Waals surface area contributed by atoms with E-state index in [1.165, 1.54) is 5.56 Å². The Balaban J connectivity index is 2.72. The molecule has 3 nitrogen and oxygen atoms in total. The van der Waals surface area contributed by atoms with Crippen molar-refractivity contribution < 1.29 is 5.11 Å². The maximum absolute atomic E-state index is 9.43. The lowest BCUT2D eigenvalue weighted by molar-refractivity contribution is 0.0758. The lowest BCUT2D eigenvalue weighted by Crippen LogP contribution is -2.45. The minimum atomic E-state index is -0.176. The van der Waals surface area contributed by atoms with Gasteiger partial charge in [-0.05, 0) is 45.5 Å². The van der Waals surface area contributed by atoms with Crippen LogP contribution < -0.4 is 5.32 Å². The molecule has 20 heavy (non-hydrogen) atoms. The van der Waals surface area contributed by atoms with Gasteiger partial charge in [0.25, 0.3) is 0 Å². The molecule has 0 aliphatic rings. The minimum absolute atomic E-state index is 0.171. The second-order valence-corrected chi connectivity index (χ2v) is 6.67. The summed E-state index contributed by atoms with van der Waals surface area (Å²) in [4.78, 5) is 2.22. The van der Waals surface area contributed by atoms with Crippen LogP contribution in [-0.4, -0.2) is 42.3 Å². The molecule has 2 N–H and O–H groups in total. The largest absolute Gasteiger partial charge is 0.394 e. The van der Waals surface area contributed by atoms with Gasteiger partial charge in [-0.15, -0.1) is 0 Å². The van der Waals surface area contributed by atoms with Crippen LogP contribution >= 0.6 is 15.9 Å². The zero-order valence-corrected chi connectivity index (χ0v) is 14.6. The predicted molar refractivity (Wildman–Crippen MR) is 89.0 cm³/mol. The van der Waals surface area contributed by atoms with Crippen LogP contribution in [0.3, 0.4) is 0 Å². The average molecular weight is 343 g/mol. The number of rotatable bonds is 8. The van der Waals surface area contributed by atoms with Crippen LogP contribution in [0.4, 0.5) is 0 Å². The Hall–Kier alpha value is -0.420. The summed E-state index contributed by atoms with van der Waals surface area (Å²) in [5, 5.41) is 13.0. The molecule has 1 aromatic rings. The van der Waals surface area contributed by atoms with E-state index in [2.05, 4.69) is 72.2 Å². The standard InChI is InChI=1S/C16H27BrN2O/c1-5-18-15(13-8-6-7-9-14(13)17)10-11-19(4)16(2,3)12-20/h6-9,15,18,20H,5,10-12H2,1-4H3. The number of halogens is 1. The van der Waals surface area contributed by atoms with Crippen LogP contribution in [0.1, 0.15) is 38.8 Å². The molecule has 1 rings (SSSR count). The Labute approximate surface area is 131 Å². The molecule has 1 aromatic carbocycles. The molecule has 114 valence electrons. The normalized spacial score (nSPS) is 13.8. The van der Waals surface area contributed by atoms with Gasteiger partial charge in [-0.25, -0.2) is 0 Å². The molecule has 0 radical (unpaired) electrons. The number of aliphatic hydroxyl groups excluding tert-OH is 1. The van der Waals surface area contributed by atoms with E-state index in [1.807, 2.05) is 6.07 Å². The molecule has 0 saturated carbocycles. The van der Waals surface area contributed by atoms with Gasteiger partial charge < -0.3 is 10.4 Å². The summed E-state index contributed by atoms with van der Waals surface area (Å²) in [5.41, 5.74) is 1.12. The van der Waals surface area contributed by atoms with E-state index in [-0.39, 0.29) is 12.1 Å². The van der Waals surface area contributed by atoms with Crippen LogP contribution in [0, 0.1) is 0 Å². The second kappa shape index (κ2) is 8.13. The third kappa shape index (κ3) is 4.85. The van der Waals surface area contributed by atoms with Crippen LogP contribution in [0.5, 0.6) is 0 Å². The quantitative estimate of drug-likeness (QED) is 0.761. The highest BCUT2D eigenvalue weighted by Crippen LogP contribution is 2.26. The minimum Gasteiger partial charge on any atom is -0.394 e. The molecule has 0 aromatic heterocycles. The Morgan fingerprint density at radius 1 is 1.35 bits per heavy atom. The molecule has 0 amide bonds. The van der Waals surface area contributed by atoms with Gasteiger partial charge in [-0.3, -0.25) is 4.90 Å². The number of nitrogens with one attached hydrogen (secondary N) is 1. The maximum atomic E-state index is 9.43. The molecule has 0 aliphatic heterocycles. The predicted octanol–water partition coefficient (Wildman–Crippen LogP) is 3.19. The van der Waals surface area contributed by atoms with E-state index in [0.29, 0.717) is 6.04 Å². The van der Waals surface area contributed by atoms with Gasteiger partial charge in [0.1, 0.15) is 0 Å². The van der Waals surface area contributed by atoms with Gasteiger partial charge in [-0.2, -0.15) is 0 Å². The molecule has 0 spiro atoms. The fraction of sp³-hybridized carbons (Fsp3) is 0.625. The van der Waals surface area contributed by atoms with Crippen LogP contribution in [0.2, 0.25) is 0 Å². The number of nitrogens with zero attached hydrogens (tertiary/aromatic N) is 1. The summed E-state index contributed by atoms with van der Waals surface area (Å²) in [6, 6.07) is 8.69. The van der Waals surface area contributed by atoms with E-state index in [0.717, 1.165) is 24.0 Å². The number of benzene rings is 1. The SMILES string of the molecule is CCNC(CCN(C)C(C)(C)CO)c1ccccc1Br. The summed E-state index contributed by atoms with van der Waals surface area (Å²) in [6.07, 6.45) is 1.01. The first-order chi connectivity index (χ1) is 9.42. The van der Waals surface area contributed by atoms with Crippen molar-refractivity contribution in [2.24, 2.45) is 0 Å². The van der Waals surface area contributed by atoms with Crippen molar-refractivity contribution in [2.45, 2.75) is 38.8 Å². The fourth-order valence-electron chi connectivity index (χ4n) is 2.12. The Morgan fingerprint density at radius 2 is 2.00 bits per heavy atom. The zero-order chi connectivity index (χ0) is 15.2. The Kier molecular flexibility index (Phi) is 7.17. The highest BCUT2D eigenvalue weighted by Gasteiger charge is 2.23. The van der Waals surface area contributed by atoms with Crippen LogP contribution in [0.15, 0.2) is 28.7 Å². The molecule has 0 fully saturated rings. The van der Waals surface area contributed by atoms with Gasteiger partial charge in [0.15, 0.2) is 0 Å². The highest BCUT2D eigenvalue weighted by atomic mass is 79.9. The first-order valence-electron chi connectivity index (χ1n) is 7.22. The summed E-state index contributed by atoms with van der Waals surface area (Å²) >= 11 is 3.63. The van der Waals surface area contributed by atoms with E-state index in [1.54, 1.807) is 0 Å². The van der Waals surface area contributed by atoms with Gasteiger partial charge >= 0.3 is 0 Å². The molecule has 4 heteroatoms. The van der Waals surface area contributed by atoms with Crippen molar-refractivity contribution in [3.8, 4) is 0 Å². The second-order valence-electron chi connectivity index (χ2n) is 5.81. The molecule has 0 bridgehead atoms. The monoisotopic (exact) mass is 342 g/mol. The maximum Gasteiger partial charge on any atom is 0.0609 e. The van der Waals surface area contributed by atoms with E-state index in [4.69, 9.17) is 0 Å². The zero-order valence-electron chi connectivity index (χ0n) is 13.0. The van der Waals surface area contributed by atoms with E-state index in [9.17, 15) is 5.11 Å². The molecule has 1 atom stereocenters. The van der Waals surface area contributed by atoms with Gasteiger partial charge in [0.05, 0.1) is 6.61 Å². The molecule has 1 unspecified atom stereocenters. The summed E-state index contributed by atoms with van der Waals surface area (Å²) in [6.45, 7) is 8.31. The average Bonchev–Trinajstić information content (AvgIpc) is 2.43. The lowest BCUT2D eigenvalue weighted by Gasteiger charge is -2.35. The first-order valence-corrected chi connectivity index (χ1v) is 8.01. The van der Waals surface area contributed by atoms with Gasteiger partial charge in [0, 0.05) is 22.6 Å². The van der Waals surface area contributed by atoms with Crippen molar-refractivity contribution in [2.75, 3.05) is 26.7 Å². The van der Waals surface area contributed by atoms with E-state index >= 15 is 0 Å². The molecular weight excluding hydrogens is 316 g/mol. The summed E-state index contributed by atoms with van der Waals surface area (Å²) < 4.78 is 1.15. The lowest BCUT2D eigenvalue weighted by atomic mass is 10.0. The summed E-state index contributed by atoms with van der Waals surface area (Å²) in [5.74, 6) is 0. The smallest absolute Gasteiger partial charge is 0.0609 e. The third-order valence-corrected chi connectivity index (χ3v) is 4.63. The molecule has 0 aliphatic carbocycles. The first kappa shape index (κ1) is 17.6. The third-order valence-electron chi connectivity index (χ3n) is 3.90. The van der Waals surface area contributed by atoms with Crippen LogP contribution in [-0.2, 0) is 0 Å². The Morgan fingerprint density at radius 3 is 2.55 bits per heavy atom. The Bertz CT molecular complexity index is 409. The van der Waals surface area contributed by atoms with Gasteiger partial charge in [-0.1, -0.05) is 41.1 Å². The number of hydrogen-bond donors (Lipinski definition) is 2. The topological polar surface area (TPSA) is 35.5 Å². The molecule has 0 heterocycles. The molecular formula is C16H27BrN2O.